The number of carbonyl (C=O) groups is 1. The van der Waals surface area contributed by atoms with Gasteiger partial charge in [0.25, 0.3) is 5.91 Å². The Balaban J connectivity index is 2.23. The molecule has 1 amide bonds. The van der Waals surface area contributed by atoms with Gasteiger partial charge < -0.3 is 10.2 Å². The van der Waals surface area contributed by atoms with Gasteiger partial charge in [0, 0.05) is 35.5 Å². The van der Waals surface area contributed by atoms with Gasteiger partial charge in [-0.3, -0.25) is 4.79 Å². The van der Waals surface area contributed by atoms with Crippen molar-refractivity contribution in [3.8, 4) is 0 Å². The monoisotopic (exact) mass is 318 g/mol. The van der Waals surface area contributed by atoms with E-state index in [1.54, 1.807) is 11.9 Å². The lowest BCUT2D eigenvalue weighted by atomic mass is 10.1. The van der Waals surface area contributed by atoms with Gasteiger partial charge in [0.15, 0.2) is 0 Å². The van der Waals surface area contributed by atoms with Gasteiger partial charge in [-0.05, 0) is 42.5 Å². The highest BCUT2D eigenvalue weighted by molar-refractivity contribution is 9.10. The minimum Gasteiger partial charge on any atom is -0.388 e. The standard InChI is InChI=1S/C15H15BrN2O/c1-17-13-8-6-11(7-9-13)15(19)18(2)14-5-3-4-12(16)10-14/h3-10,17H,1-2H3. The third-order valence-electron chi connectivity index (χ3n) is 2.92. The molecule has 0 saturated carbocycles. The number of nitrogens with one attached hydrogen (secondary N) is 1. The molecule has 2 aromatic carbocycles. The number of halogens is 1. The highest BCUT2D eigenvalue weighted by atomic mass is 79.9. The molecule has 2 rings (SSSR count). The van der Waals surface area contributed by atoms with Crippen molar-refractivity contribution in [2.24, 2.45) is 0 Å². The number of rotatable bonds is 3. The molecule has 0 aliphatic rings. The number of amides is 1. The molecule has 0 aliphatic heterocycles. The molecule has 19 heavy (non-hydrogen) atoms. The van der Waals surface area contributed by atoms with Crippen molar-refractivity contribution >= 4 is 33.2 Å². The maximum Gasteiger partial charge on any atom is 0.258 e. The van der Waals surface area contributed by atoms with E-state index < -0.39 is 0 Å². The number of anilines is 2. The molecule has 0 spiro atoms. The first kappa shape index (κ1) is 13.6. The van der Waals surface area contributed by atoms with Crippen LogP contribution < -0.4 is 10.2 Å². The number of hydrogen-bond acceptors (Lipinski definition) is 2. The van der Waals surface area contributed by atoms with Crippen LogP contribution in [0.3, 0.4) is 0 Å². The zero-order chi connectivity index (χ0) is 13.8. The average Bonchev–Trinajstić information content (AvgIpc) is 2.46. The van der Waals surface area contributed by atoms with Crippen LogP contribution in [0, 0.1) is 0 Å². The van der Waals surface area contributed by atoms with Crippen molar-refractivity contribution in [1.29, 1.82) is 0 Å². The van der Waals surface area contributed by atoms with Gasteiger partial charge in [-0.1, -0.05) is 22.0 Å². The Morgan fingerprint density at radius 2 is 1.84 bits per heavy atom. The van der Waals surface area contributed by atoms with E-state index in [4.69, 9.17) is 0 Å². The number of carbonyl (C=O) groups excluding carboxylic acids is 1. The highest BCUT2D eigenvalue weighted by Crippen LogP contribution is 2.21. The maximum atomic E-state index is 12.3. The molecule has 0 heterocycles. The summed E-state index contributed by atoms with van der Waals surface area (Å²) in [5.74, 6) is -0.0271. The Morgan fingerprint density at radius 1 is 1.16 bits per heavy atom. The summed E-state index contributed by atoms with van der Waals surface area (Å²) in [7, 11) is 3.63. The van der Waals surface area contributed by atoms with Crippen molar-refractivity contribution in [3.05, 3.63) is 58.6 Å². The lowest BCUT2D eigenvalue weighted by Crippen LogP contribution is -2.26. The van der Waals surface area contributed by atoms with Crippen molar-refractivity contribution in [3.63, 3.8) is 0 Å². The number of benzene rings is 2. The summed E-state index contributed by atoms with van der Waals surface area (Å²) in [4.78, 5) is 14.0. The second kappa shape index (κ2) is 5.89. The van der Waals surface area contributed by atoms with E-state index in [2.05, 4.69) is 21.2 Å². The normalized spacial score (nSPS) is 10.1. The van der Waals surface area contributed by atoms with Gasteiger partial charge in [0.05, 0.1) is 0 Å². The lowest BCUT2D eigenvalue weighted by molar-refractivity contribution is 0.0993. The summed E-state index contributed by atoms with van der Waals surface area (Å²) in [6.07, 6.45) is 0. The molecule has 98 valence electrons. The van der Waals surface area contributed by atoms with Crippen molar-refractivity contribution in [2.45, 2.75) is 0 Å². The van der Waals surface area contributed by atoms with E-state index in [0.717, 1.165) is 15.8 Å². The summed E-state index contributed by atoms with van der Waals surface area (Å²) >= 11 is 3.41. The Labute approximate surface area is 121 Å². The molecule has 0 aromatic heterocycles. The molecular weight excluding hydrogens is 304 g/mol. The van der Waals surface area contributed by atoms with E-state index in [-0.39, 0.29) is 5.91 Å². The third-order valence-corrected chi connectivity index (χ3v) is 3.41. The maximum absolute atomic E-state index is 12.3. The van der Waals surface area contributed by atoms with Crippen molar-refractivity contribution in [2.75, 3.05) is 24.3 Å². The van der Waals surface area contributed by atoms with Crippen LogP contribution in [0.25, 0.3) is 0 Å². The predicted octanol–water partition coefficient (Wildman–Crippen LogP) is 3.77. The second-order valence-electron chi connectivity index (χ2n) is 4.17. The molecule has 0 atom stereocenters. The van der Waals surface area contributed by atoms with E-state index in [0.29, 0.717) is 5.56 Å². The Bertz CT molecular complexity index is 581. The molecule has 0 fully saturated rings. The second-order valence-corrected chi connectivity index (χ2v) is 5.09. The Kier molecular flexibility index (Phi) is 4.22. The van der Waals surface area contributed by atoms with Gasteiger partial charge in [0.2, 0.25) is 0 Å². The number of nitrogens with zero attached hydrogens (tertiary/aromatic N) is 1. The summed E-state index contributed by atoms with van der Waals surface area (Å²) < 4.78 is 0.954. The van der Waals surface area contributed by atoms with Crippen LogP contribution in [0.5, 0.6) is 0 Å². The summed E-state index contributed by atoms with van der Waals surface area (Å²) in [5.41, 5.74) is 2.51. The van der Waals surface area contributed by atoms with E-state index >= 15 is 0 Å². The topological polar surface area (TPSA) is 32.3 Å². The summed E-state index contributed by atoms with van der Waals surface area (Å²) in [5, 5.41) is 3.03. The Morgan fingerprint density at radius 3 is 2.42 bits per heavy atom. The lowest BCUT2D eigenvalue weighted by Gasteiger charge is -2.17. The molecule has 0 aliphatic carbocycles. The molecule has 0 bridgehead atoms. The fourth-order valence-corrected chi connectivity index (χ4v) is 2.16. The fraction of sp³-hybridized carbons (Fsp3) is 0.133. The van der Waals surface area contributed by atoms with Crippen LogP contribution in [-0.2, 0) is 0 Å². The summed E-state index contributed by atoms with van der Waals surface area (Å²) in [6, 6.07) is 15.1. The third kappa shape index (κ3) is 3.15. The largest absolute Gasteiger partial charge is 0.388 e. The van der Waals surface area contributed by atoms with Gasteiger partial charge in [0.1, 0.15) is 0 Å². The highest BCUT2D eigenvalue weighted by Gasteiger charge is 2.13. The zero-order valence-corrected chi connectivity index (χ0v) is 12.4. The molecule has 3 nitrogen and oxygen atoms in total. The minimum absolute atomic E-state index is 0.0271. The molecular formula is C15H15BrN2O. The van der Waals surface area contributed by atoms with E-state index in [1.807, 2.05) is 55.6 Å². The van der Waals surface area contributed by atoms with Gasteiger partial charge in [-0.25, -0.2) is 0 Å². The van der Waals surface area contributed by atoms with Crippen LogP contribution in [0.2, 0.25) is 0 Å². The molecule has 1 N–H and O–H groups in total. The fourth-order valence-electron chi connectivity index (χ4n) is 1.78. The molecule has 0 saturated heterocycles. The van der Waals surface area contributed by atoms with E-state index in [9.17, 15) is 4.79 Å². The van der Waals surface area contributed by atoms with Crippen LogP contribution in [0.15, 0.2) is 53.0 Å². The quantitative estimate of drug-likeness (QED) is 0.934. The van der Waals surface area contributed by atoms with Gasteiger partial charge in [-0.2, -0.15) is 0 Å². The average molecular weight is 319 g/mol. The van der Waals surface area contributed by atoms with Crippen LogP contribution in [0.1, 0.15) is 10.4 Å². The molecule has 2 aromatic rings. The van der Waals surface area contributed by atoms with Crippen molar-refractivity contribution < 1.29 is 4.79 Å². The zero-order valence-electron chi connectivity index (χ0n) is 10.9. The van der Waals surface area contributed by atoms with Crippen LogP contribution in [0.4, 0.5) is 11.4 Å². The SMILES string of the molecule is CNc1ccc(C(=O)N(C)c2cccc(Br)c2)cc1. The molecule has 0 unspecified atom stereocenters. The predicted molar refractivity (Wildman–Crippen MR) is 82.9 cm³/mol. The van der Waals surface area contributed by atoms with Gasteiger partial charge in [-0.15, -0.1) is 0 Å². The van der Waals surface area contributed by atoms with Crippen LogP contribution in [-0.4, -0.2) is 20.0 Å². The molecule has 4 heteroatoms. The first-order valence-electron chi connectivity index (χ1n) is 5.93. The molecule has 0 radical (unpaired) electrons. The smallest absolute Gasteiger partial charge is 0.258 e. The first-order valence-corrected chi connectivity index (χ1v) is 6.72. The van der Waals surface area contributed by atoms with Crippen LogP contribution >= 0.6 is 15.9 Å². The Hall–Kier alpha value is -1.81. The van der Waals surface area contributed by atoms with Gasteiger partial charge >= 0.3 is 0 Å². The van der Waals surface area contributed by atoms with E-state index in [1.165, 1.54) is 0 Å². The minimum atomic E-state index is -0.0271. The first-order chi connectivity index (χ1) is 9.11. The summed E-state index contributed by atoms with van der Waals surface area (Å²) in [6.45, 7) is 0. The number of hydrogen-bond donors (Lipinski definition) is 1. The van der Waals surface area contributed by atoms with Crippen molar-refractivity contribution in [1.82, 2.24) is 0 Å².